The van der Waals surface area contributed by atoms with Gasteiger partial charge in [-0.2, -0.15) is 4.31 Å². The second-order valence-electron chi connectivity index (χ2n) is 3.49. The first-order chi connectivity index (χ1) is 7.89. The minimum absolute atomic E-state index is 0.0225. The molecule has 4 nitrogen and oxygen atoms in total. The summed E-state index contributed by atoms with van der Waals surface area (Å²) in [5.41, 5.74) is 5.83. The average molecular weight is 264 g/mol. The van der Waals surface area contributed by atoms with Crippen molar-refractivity contribution in [2.24, 2.45) is 5.73 Å². The van der Waals surface area contributed by atoms with E-state index in [4.69, 9.17) is 5.73 Å². The number of halogens is 2. The van der Waals surface area contributed by atoms with E-state index in [2.05, 4.69) is 0 Å². The number of nitrogens with zero attached hydrogens (tertiary/aromatic N) is 1. The molecule has 0 bridgehead atoms. The van der Waals surface area contributed by atoms with Crippen LogP contribution in [-0.4, -0.2) is 32.7 Å². The summed E-state index contributed by atoms with van der Waals surface area (Å²) >= 11 is 0. The van der Waals surface area contributed by atoms with Crippen LogP contribution >= 0.6 is 0 Å². The predicted molar refractivity (Wildman–Crippen MR) is 60.2 cm³/mol. The van der Waals surface area contributed by atoms with Crippen LogP contribution < -0.4 is 5.73 Å². The van der Waals surface area contributed by atoms with E-state index in [1.165, 1.54) is 12.1 Å². The zero-order valence-electron chi connectivity index (χ0n) is 9.31. The summed E-state index contributed by atoms with van der Waals surface area (Å²) in [6.45, 7) is -0.792. The Kier molecular flexibility index (Phi) is 4.55. The molecule has 0 fully saturated rings. The Bertz CT molecular complexity index is 477. The fraction of sp³-hybridized carbons (Fsp3) is 0.400. The van der Waals surface area contributed by atoms with Crippen molar-refractivity contribution in [2.45, 2.75) is 17.9 Å². The van der Waals surface area contributed by atoms with Crippen LogP contribution in [0.2, 0.25) is 0 Å². The van der Waals surface area contributed by atoms with Gasteiger partial charge in [0, 0.05) is 13.6 Å². The standard InChI is InChI=1S/C10H14F2N2O2S/c1-14(7-10(11)12)17(15,16)9-5-3-2-4-8(9)6-13/h2-5,10H,6-7,13H2,1H3. The van der Waals surface area contributed by atoms with Crippen molar-refractivity contribution in [1.29, 1.82) is 0 Å². The molecule has 0 spiro atoms. The number of rotatable bonds is 5. The maximum Gasteiger partial charge on any atom is 0.252 e. The van der Waals surface area contributed by atoms with Crippen LogP contribution in [0.3, 0.4) is 0 Å². The normalized spacial score (nSPS) is 12.4. The lowest BCUT2D eigenvalue weighted by Crippen LogP contribution is -2.32. The van der Waals surface area contributed by atoms with Crippen LogP contribution in [0.25, 0.3) is 0 Å². The van der Waals surface area contributed by atoms with Crippen molar-refractivity contribution in [3.63, 3.8) is 0 Å². The largest absolute Gasteiger partial charge is 0.326 e. The molecular formula is C10H14F2N2O2S. The monoisotopic (exact) mass is 264 g/mol. The van der Waals surface area contributed by atoms with E-state index in [0.29, 0.717) is 9.87 Å². The zero-order chi connectivity index (χ0) is 13.1. The van der Waals surface area contributed by atoms with Crippen molar-refractivity contribution >= 4 is 10.0 Å². The van der Waals surface area contributed by atoms with Gasteiger partial charge in [0.25, 0.3) is 6.43 Å². The van der Waals surface area contributed by atoms with Gasteiger partial charge >= 0.3 is 0 Å². The number of benzene rings is 1. The lowest BCUT2D eigenvalue weighted by Gasteiger charge is -2.18. The summed E-state index contributed by atoms with van der Waals surface area (Å²) in [5, 5.41) is 0. The second kappa shape index (κ2) is 5.52. The number of nitrogens with two attached hydrogens (primary N) is 1. The highest BCUT2D eigenvalue weighted by Crippen LogP contribution is 2.19. The fourth-order valence-electron chi connectivity index (χ4n) is 1.38. The Morgan fingerprint density at radius 3 is 2.47 bits per heavy atom. The molecule has 1 aromatic carbocycles. The summed E-state index contributed by atoms with van der Waals surface area (Å²) in [6, 6.07) is 6.10. The van der Waals surface area contributed by atoms with Gasteiger partial charge in [-0.25, -0.2) is 17.2 Å². The lowest BCUT2D eigenvalue weighted by atomic mass is 10.2. The van der Waals surface area contributed by atoms with Gasteiger partial charge in [0.15, 0.2) is 0 Å². The van der Waals surface area contributed by atoms with E-state index in [-0.39, 0.29) is 11.4 Å². The molecule has 0 saturated carbocycles. The Morgan fingerprint density at radius 2 is 1.94 bits per heavy atom. The van der Waals surface area contributed by atoms with Crippen molar-refractivity contribution in [2.75, 3.05) is 13.6 Å². The third-order valence-electron chi connectivity index (χ3n) is 2.28. The first-order valence-corrected chi connectivity index (χ1v) is 6.36. The Balaban J connectivity index is 3.13. The van der Waals surface area contributed by atoms with Gasteiger partial charge in [-0.3, -0.25) is 0 Å². The van der Waals surface area contributed by atoms with Crippen LogP contribution in [0.1, 0.15) is 5.56 Å². The van der Waals surface area contributed by atoms with Gasteiger partial charge in [-0.15, -0.1) is 0 Å². The smallest absolute Gasteiger partial charge is 0.252 e. The molecule has 0 aliphatic heterocycles. The van der Waals surface area contributed by atoms with E-state index in [0.717, 1.165) is 7.05 Å². The third kappa shape index (κ3) is 3.21. The summed E-state index contributed by atoms with van der Waals surface area (Å²) in [6.07, 6.45) is -2.71. The van der Waals surface area contributed by atoms with Gasteiger partial charge in [0.1, 0.15) is 0 Å². The maximum atomic E-state index is 12.2. The van der Waals surface area contributed by atoms with Gasteiger partial charge in [-0.1, -0.05) is 18.2 Å². The summed E-state index contributed by atoms with van der Waals surface area (Å²) in [5.74, 6) is 0. The quantitative estimate of drug-likeness (QED) is 0.864. The maximum absolute atomic E-state index is 12.2. The minimum Gasteiger partial charge on any atom is -0.326 e. The van der Waals surface area contributed by atoms with E-state index in [9.17, 15) is 17.2 Å². The summed E-state index contributed by atoms with van der Waals surface area (Å²) in [4.78, 5) is -0.0225. The fourth-order valence-corrected chi connectivity index (χ4v) is 2.76. The third-order valence-corrected chi connectivity index (χ3v) is 4.20. The summed E-state index contributed by atoms with van der Waals surface area (Å²) in [7, 11) is -2.78. The summed E-state index contributed by atoms with van der Waals surface area (Å²) < 4.78 is 49.0. The minimum atomic E-state index is -3.90. The van der Waals surface area contributed by atoms with Crippen LogP contribution in [0.15, 0.2) is 29.2 Å². The molecule has 0 aliphatic carbocycles. The Labute approximate surface area is 99.1 Å². The number of hydrogen-bond donors (Lipinski definition) is 1. The molecule has 96 valence electrons. The molecule has 1 aromatic rings. The Morgan fingerprint density at radius 1 is 1.35 bits per heavy atom. The molecule has 2 N–H and O–H groups in total. The van der Waals surface area contributed by atoms with Crippen LogP contribution in [-0.2, 0) is 16.6 Å². The molecule has 1 rings (SSSR count). The van der Waals surface area contributed by atoms with Crippen molar-refractivity contribution in [3.8, 4) is 0 Å². The average Bonchev–Trinajstić information content (AvgIpc) is 2.28. The van der Waals surface area contributed by atoms with Crippen molar-refractivity contribution < 1.29 is 17.2 Å². The predicted octanol–water partition coefficient (Wildman–Crippen LogP) is 1.03. The molecule has 0 aliphatic rings. The van der Waals surface area contributed by atoms with Gasteiger partial charge in [0.05, 0.1) is 11.4 Å². The first-order valence-electron chi connectivity index (χ1n) is 4.92. The molecule has 0 unspecified atom stereocenters. The van der Waals surface area contributed by atoms with E-state index in [1.807, 2.05) is 0 Å². The molecule has 0 saturated heterocycles. The molecule has 0 amide bonds. The highest BCUT2D eigenvalue weighted by molar-refractivity contribution is 7.89. The first kappa shape index (κ1) is 14.0. The van der Waals surface area contributed by atoms with E-state index >= 15 is 0 Å². The SMILES string of the molecule is CN(CC(F)F)S(=O)(=O)c1ccccc1CN. The second-order valence-corrected chi connectivity index (χ2v) is 5.50. The molecule has 0 radical (unpaired) electrons. The lowest BCUT2D eigenvalue weighted by molar-refractivity contribution is 0.126. The number of hydrogen-bond acceptors (Lipinski definition) is 3. The van der Waals surface area contributed by atoms with Crippen molar-refractivity contribution in [3.05, 3.63) is 29.8 Å². The van der Waals surface area contributed by atoms with Gasteiger partial charge < -0.3 is 5.73 Å². The van der Waals surface area contributed by atoms with Crippen LogP contribution in [0.5, 0.6) is 0 Å². The molecule has 7 heteroatoms. The zero-order valence-corrected chi connectivity index (χ0v) is 10.1. The molecule has 0 atom stereocenters. The van der Waals surface area contributed by atoms with E-state index in [1.54, 1.807) is 12.1 Å². The molecule has 0 heterocycles. The van der Waals surface area contributed by atoms with Crippen molar-refractivity contribution in [1.82, 2.24) is 4.31 Å². The number of alkyl halides is 2. The highest BCUT2D eigenvalue weighted by atomic mass is 32.2. The van der Waals surface area contributed by atoms with Gasteiger partial charge in [0.2, 0.25) is 10.0 Å². The highest BCUT2D eigenvalue weighted by Gasteiger charge is 2.25. The molecule has 17 heavy (non-hydrogen) atoms. The number of sulfonamides is 1. The van der Waals surface area contributed by atoms with E-state index < -0.39 is 23.0 Å². The van der Waals surface area contributed by atoms with Crippen LogP contribution in [0, 0.1) is 0 Å². The van der Waals surface area contributed by atoms with Crippen LogP contribution in [0.4, 0.5) is 8.78 Å². The topological polar surface area (TPSA) is 63.4 Å². The Hall–Kier alpha value is -1.05. The molecular weight excluding hydrogens is 250 g/mol. The van der Waals surface area contributed by atoms with Gasteiger partial charge in [-0.05, 0) is 11.6 Å². The molecule has 0 aromatic heterocycles.